The van der Waals surface area contributed by atoms with Crippen LogP contribution in [0.5, 0.6) is 0 Å². The highest BCUT2D eigenvalue weighted by molar-refractivity contribution is 7.16. The molecule has 2 aromatic heterocycles. The number of piperidine rings is 1. The van der Waals surface area contributed by atoms with Gasteiger partial charge in [-0.15, -0.1) is 0 Å². The van der Waals surface area contributed by atoms with Crippen molar-refractivity contribution < 1.29 is 0 Å². The molecule has 1 saturated heterocycles. The Morgan fingerprint density at radius 2 is 2.37 bits per heavy atom. The summed E-state index contributed by atoms with van der Waals surface area (Å²) in [6, 6.07) is 1.53. The van der Waals surface area contributed by atoms with Gasteiger partial charge in [0.15, 0.2) is 0 Å². The van der Waals surface area contributed by atoms with Crippen LogP contribution < -0.4 is 5.56 Å². The zero-order valence-corrected chi connectivity index (χ0v) is 12.1. The van der Waals surface area contributed by atoms with Crippen LogP contribution in [0.4, 0.5) is 0 Å². The van der Waals surface area contributed by atoms with E-state index in [0.717, 1.165) is 36.3 Å². The second-order valence-electron chi connectivity index (χ2n) is 5.41. The van der Waals surface area contributed by atoms with Crippen molar-refractivity contribution in [3.8, 4) is 0 Å². The average molecular weight is 278 g/mol. The Morgan fingerprint density at radius 1 is 1.53 bits per heavy atom. The number of nitrogens with zero attached hydrogens (tertiary/aromatic N) is 4. The molecule has 0 amide bonds. The Balaban J connectivity index is 1.85. The fourth-order valence-electron chi connectivity index (χ4n) is 2.65. The number of aromatic nitrogens is 3. The molecule has 0 bridgehead atoms. The number of hydrogen-bond donors (Lipinski definition) is 0. The summed E-state index contributed by atoms with van der Waals surface area (Å²) in [6.45, 7) is 7.21. The second-order valence-corrected chi connectivity index (χ2v) is 6.45. The zero-order valence-electron chi connectivity index (χ0n) is 11.3. The third kappa shape index (κ3) is 2.69. The molecule has 1 aliphatic heterocycles. The van der Waals surface area contributed by atoms with Gasteiger partial charge < -0.3 is 0 Å². The van der Waals surface area contributed by atoms with Crippen LogP contribution in [0.15, 0.2) is 10.9 Å². The Hall–Kier alpha value is -1.27. The van der Waals surface area contributed by atoms with Gasteiger partial charge in [-0.1, -0.05) is 18.3 Å². The molecule has 1 atom stereocenters. The lowest BCUT2D eigenvalue weighted by Crippen LogP contribution is -2.33. The Labute approximate surface area is 115 Å². The van der Waals surface area contributed by atoms with Crippen LogP contribution in [-0.4, -0.2) is 32.6 Å². The van der Waals surface area contributed by atoms with E-state index in [-0.39, 0.29) is 5.56 Å². The van der Waals surface area contributed by atoms with Crippen molar-refractivity contribution in [2.24, 2.45) is 5.92 Å². The molecule has 102 valence electrons. The van der Waals surface area contributed by atoms with E-state index >= 15 is 0 Å². The summed E-state index contributed by atoms with van der Waals surface area (Å²) in [5, 5.41) is 5.37. The molecule has 5 nitrogen and oxygen atoms in total. The van der Waals surface area contributed by atoms with E-state index in [2.05, 4.69) is 21.9 Å². The van der Waals surface area contributed by atoms with Crippen LogP contribution in [0.2, 0.25) is 0 Å². The predicted octanol–water partition coefficient (Wildman–Crippen LogP) is 1.69. The monoisotopic (exact) mass is 278 g/mol. The number of hydrogen-bond acceptors (Lipinski definition) is 5. The van der Waals surface area contributed by atoms with Crippen molar-refractivity contribution in [2.45, 2.75) is 33.2 Å². The molecule has 0 spiro atoms. The predicted molar refractivity (Wildman–Crippen MR) is 75.5 cm³/mol. The molecule has 0 N–H and O–H groups in total. The third-order valence-electron chi connectivity index (χ3n) is 3.51. The lowest BCUT2D eigenvalue weighted by Gasteiger charge is -2.29. The largest absolute Gasteiger partial charge is 0.296 e. The quantitative estimate of drug-likeness (QED) is 0.839. The summed E-state index contributed by atoms with van der Waals surface area (Å²) >= 11 is 1.52. The first kappa shape index (κ1) is 12.7. The van der Waals surface area contributed by atoms with Gasteiger partial charge in [0.1, 0.15) is 5.01 Å². The van der Waals surface area contributed by atoms with E-state index in [1.165, 1.54) is 34.8 Å². The first-order valence-electron chi connectivity index (χ1n) is 6.70. The molecule has 0 aliphatic carbocycles. The van der Waals surface area contributed by atoms with E-state index in [0.29, 0.717) is 4.96 Å². The van der Waals surface area contributed by atoms with Crippen molar-refractivity contribution >= 4 is 16.3 Å². The minimum atomic E-state index is -0.0861. The standard InChI is InChI=1S/C13H18N4OS/c1-9-4-3-5-16(7-9)8-11-15-17-12(18)6-10(2)14-13(17)19-11/h6,9H,3-5,7-8H2,1-2H3. The molecule has 0 radical (unpaired) electrons. The maximum Gasteiger partial charge on any atom is 0.275 e. The molecule has 19 heavy (non-hydrogen) atoms. The molecule has 2 aromatic rings. The van der Waals surface area contributed by atoms with E-state index in [4.69, 9.17) is 0 Å². The number of rotatable bonds is 2. The van der Waals surface area contributed by atoms with Crippen molar-refractivity contribution in [1.82, 2.24) is 19.5 Å². The van der Waals surface area contributed by atoms with Crippen molar-refractivity contribution in [3.05, 3.63) is 27.1 Å². The topological polar surface area (TPSA) is 50.5 Å². The van der Waals surface area contributed by atoms with Crippen LogP contribution in [0.1, 0.15) is 30.5 Å². The number of likely N-dealkylation sites (tertiary alicyclic amines) is 1. The molecule has 6 heteroatoms. The van der Waals surface area contributed by atoms with Gasteiger partial charge >= 0.3 is 0 Å². The van der Waals surface area contributed by atoms with E-state index in [9.17, 15) is 4.79 Å². The van der Waals surface area contributed by atoms with Gasteiger partial charge in [-0.05, 0) is 32.2 Å². The molecular weight excluding hydrogens is 260 g/mol. The lowest BCUT2D eigenvalue weighted by molar-refractivity contribution is 0.176. The maximum atomic E-state index is 11.8. The van der Waals surface area contributed by atoms with E-state index < -0.39 is 0 Å². The third-order valence-corrected chi connectivity index (χ3v) is 4.41. The summed E-state index contributed by atoms with van der Waals surface area (Å²) in [6.07, 6.45) is 2.57. The van der Waals surface area contributed by atoms with Crippen LogP contribution in [0, 0.1) is 12.8 Å². The molecule has 1 aliphatic rings. The van der Waals surface area contributed by atoms with Gasteiger partial charge in [0, 0.05) is 18.3 Å². The van der Waals surface area contributed by atoms with Crippen LogP contribution in [0.3, 0.4) is 0 Å². The fourth-order valence-corrected chi connectivity index (χ4v) is 3.63. The SMILES string of the molecule is Cc1cc(=O)n2nc(CN3CCCC(C)C3)sc2n1. The summed E-state index contributed by atoms with van der Waals surface area (Å²) in [7, 11) is 0. The minimum Gasteiger partial charge on any atom is -0.296 e. The average Bonchev–Trinajstić information content (AvgIpc) is 2.71. The van der Waals surface area contributed by atoms with Crippen LogP contribution in [-0.2, 0) is 6.54 Å². The zero-order chi connectivity index (χ0) is 13.4. The van der Waals surface area contributed by atoms with Gasteiger partial charge in [0.25, 0.3) is 5.56 Å². The Kier molecular flexibility index (Phi) is 3.36. The first-order valence-corrected chi connectivity index (χ1v) is 7.52. The van der Waals surface area contributed by atoms with E-state index in [1.54, 1.807) is 0 Å². The summed E-state index contributed by atoms with van der Waals surface area (Å²) in [5.74, 6) is 0.756. The highest BCUT2D eigenvalue weighted by Gasteiger charge is 2.18. The molecule has 3 rings (SSSR count). The van der Waals surface area contributed by atoms with Gasteiger partial charge in [-0.3, -0.25) is 9.69 Å². The second kappa shape index (κ2) is 5.02. The smallest absolute Gasteiger partial charge is 0.275 e. The highest BCUT2D eigenvalue weighted by atomic mass is 32.1. The highest BCUT2D eigenvalue weighted by Crippen LogP contribution is 2.19. The molecule has 0 saturated carbocycles. The molecule has 1 fully saturated rings. The van der Waals surface area contributed by atoms with Gasteiger partial charge in [-0.2, -0.15) is 9.61 Å². The number of aryl methyl sites for hydroxylation is 1. The summed E-state index contributed by atoms with van der Waals surface area (Å²) < 4.78 is 1.42. The summed E-state index contributed by atoms with van der Waals surface area (Å²) in [5.41, 5.74) is 0.670. The van der Waals surface area contributed by atoms with Crippen molar-refractivity contribution in [2.75, 3.05) is 13.1 Å². The first-order chi connectivity index (χ1) is 9.11. The van der Waals surface area contributed by atoms with Gasteiger partial charge in [0.2, 0.25) is 4.96 Å². The molecular formula is C13H18N4OS. The Morgan fingerprint density at radius 3 is 3.16 bits per heavy atom. The van der Waals surface area contributed by atoms with Gasteiger partial charge in [-0.25, -0.2) is 4.98 Å². The normalized spacial score (nSPS) is 21.1. The number of fused-ring (bicyclic) bond motifs is 1. The molecule has 1 unspecified atom stereocenters. The van der Waals surface area contributed by atoms with Crippen molar-refractivity contribution in [3.63, 3.8) is 0 Å². The molecule has 0 aromatic carbocycles. The van der Waals surface area contributed by atoms with E-state index in [1.807, 2.05) is 6.92 Å². The maximum absolute atomic E-state index is 11.8. The van der Waals surface area contributed by atoms with Crippen LogP contribution in [0.25, 0.3) is 4.96 Å². The van der Waals surface area contributed by atoms with Gasteiger partial charge in [0.05, 0.1) is 6.54 Å². The fraction of sp³-hybridized carbons (Fsp3) is 0.615. The summed E-state index contributed by atoms with van der Waals surface area (Å²) in [4.78, 5) is 19.3. The minimum absolute atomic E-state index is 0.0861. The van der Waals surface area contributed by atoms with Crippen molar-refractivity contribution in [1.29, 1.82) is 0 Å². The molecule has 3 heterocycles. The lowest BCUT2D eigenvalue weighted by atomic mass is 10.0. The van der Waals surface area contributed by atoms with Crippen LogP contribution >= 0.6 is 11.3 Å². The Bertz CT molecular complexity index is 648.